The molecule has 0 bridgehead atoms. The Hall–Kier alpha value is -0.271. The van der Waals surface area contributed by atoms with Gasteiger partial charge in [0.25, 0.3) is 0 Å². The Morgan fingerprint density at radius 1 is 0.870 bits per heavy atom. The molecule has 0 aromatic rings. The van der Waals surface area contributed by atoms with Gasteiger partial charge < -0.3 is 5.11 Å². The summed E-state index contributed by atoms with van der Waals surface area (Å²) in [5.74, 6) is 1.65. The van der Waals surface area contributed by atoms with Crippen molar-refractivity contribution in [1.82, 2.24) is 0 Å². The Kier molecular flexibility index (Phi) is 16.6. The van der Waals surface area contributed by atoms with Crippen LogP contribution in [0.1, 0.15) is 92.4 Å². The summed E-state index contributed by atoms with van der Waals surface area (Å²) in [5.41, 5.74) is 0.985. The molecule has 0 aliphatic carbocycles. The molecular formula is C20H40O2Se. The van der Waals surface area contributed by atoms with Crippen LogP contribution in [0.4, 0.5) is 0 Å². The van der Waals surface area contributed by atoms with Crippen molar-refractivity contribution in [3.05, 3.63) is 11.6 Å². The molecule has 0 amide bonds. The maximum atomic E-state index is 10.5. The summed E-state index contributed by atoms with van der Waals surface area (Å²) in [7, 11) is 0. The standard InChI is InChI=1S/C20H38O2.H2Se/c1-16(2)9-6-10-17(3)11-7-12-18(4)13-8-14-19(5)15-20(21)22;/h15-18H,6-14H2,1-5H3,(H,21,22);1H2/b19-15+;/t17-,18-;/m1./s1. The van der Waals surface area contributed by atoms with E-state index in [0.29, 0.717) is 0 Å². The van der Waals surface area contributed by atoms with E-state index in [0.717, 1.165) is 36.2 Å². The molecule has 0 aliphatic heterocycles. The van der Waals surface area contributed by atoms with Crippen LogP contribution in [0.25, 0.3) is 0 Å². The fourth-order valence-electron chi connectivity index (χ4n) is 2.99. The van der Waals surface area contributed by atoms with Crippen LogP contribution >= 0.6 is 0 Å². The zero-order valence-corrected chi connectivity index (χ0v) is 18.1. The van der Waals surface area contributed by atoms with Crippen molar-refractivity contribution in [2.75, 3.05) is 0 Å². The van der Waals surface area contributed by atoms with Gasteiger partial charge in [0.1, 0.15) is 0 Å². The topological polar surface area (TPSA) is 37.3 Å². The van der Waals surface area contributed by atoms with E-state index in [9.17, 15) is 4.79 Å². The number of aliphatic carboxylic acids is 1. The minimum atomic E-state index is -0.822. The molecule has 0 aromatic carbocycles. The number of carboxylic acid groups (broad SMARTS) is 1. The zero-order valence-electron chi connectivity index (χ0n) is 16.0. The Balaban J connectivity index is 0. The van der Waals surface area contributed by atoms with E-state index in [1.54, 1.807) is 0 Å². The third kappa shape index (κ3) is 17.9. The third-order valence-corrected chi connectivity index (χ3v) is 4.51. The molecule has 0 heterocycles. The molecular weight excluding hydrogens is 351 g/mol. The summed E-state index contributed by atoms with van der Waals surface area (Å²) in [6.07, 6.45) is 12.7. The molecule has 138 valence electrons. The van der Waals surface area contributed by atoms with Crippen molar-refractivity contribution in [3.63, 3.8) is 0 Å². The second-order valence-corrected chi connectivity index (χ2v) is 7.69. The average Bonchev–Trinajstić information content (AvgIpc) is 2.37. The molecule has 0 aliphatic rings. The monoisotopic (exact) mass is 392 g/mol. The van der Waals surface area contributed by atoms with Gasteiger partial charge in [-0.15, -0.1) is 0 Å². The zero-order chi connectivity index (χ0) is 17.0. The number of carboxylic acids is 1. The molecule has 2 nitrogen and oxygen atoms in total. The van der Waals surface area contributed by atoms with Crippen LogP contribution in [0.2, 0.25) is 0 Å². The number of rotatable bonds is 13. The number of allylic oxidation sites excluding steroid dienone is 1. The van der Waals surface area contributed by atoms with E-state index in [-0.39, 0.29) is 17.1 Å². The van der Waals surface area contributed by atoms with E-state index in [1.807, 2.05) is 6.92 Å². The molecule has 2 atom stereocenters. The normalized spacial score (nSPS) is 14.4. The first-order valence-corrected chi connectivity index (χ1v) is 9.21. The average molecular weight is 391 g/mol. The summed E-state index contributed by atoms with van der Waals surface area (Å²) in [6, 6.07) is 0. The molecule has 3 heteroatoms. The van der Waals surface area contributed by atoms with Gasteiger partial charge in [-0.05, 0) is 37.5 Å². The van der Waals surface area contributed by atoms with E-state index >= 15 is 0 Å². The molecule has 1 N–H and O–H groups in total. The van der Waals surface area contributed by atoms with Crippen LogP contribution in [-0.2, 0) is 4.79 Å². The van der Waals surface area contributed by atoms with Gasteiger partial charge in [0, 0.05) is 6.08 Å². The van der Waals surface area contributed by atoms with Crippen molar-refractivity contribution in [2.45, 2.75) is 92.4 Å². The Bertz CT molecular complexity index is 324. The van der Waals surface area contributed by atoms with Gasteiger partial charge in [-0.3, -0.25) is 0 Å². The molecule has 0 saturated heterocycles. The molecule has 23 heavy (non-hydrogen) atoms. The number of carbonyl (C=O) groups is 1. The molecule has 0 rings (SSSR count). The first-order valence-electron chi connectivity index (χ1n) is 9.21. The fourth-order valence-corrected chi connectivity index (χ4v) is 2.99. The molecule has 0 radical (unpaired) electrons. The van der Waals surface area contributed by atoms with Crippen molar-refractivity contribution in [2.24, 2.45) is 17.8 Å². The second-order valence-electron chi connectivity index (χ2n) is 7.69. The van der Waals surface area contributed by atoms with Crippen LogP contribution in [0.3, 0.4) is 0 Å². The molecule has 0 spiro atoms. The van der Waals surface area contributed by atoms with Gasteiger partial charge in [0.05, 0.1) is 0 Å². The maximum absolute atomic E-state index is 10.5. The molecule has 0 aromatic heterocycles. The van der Waals surface area contributed by atoms with Crippen molar-refractivity contribution < 1.29 is 9.90 Å². The van der Waals surface area contributed by atoms with Crippen molar-refractivity contribution >= 4 is 23.0 Å². The molecule has 0 unspecified atom stereocenters. The van der Waals surface area contributed by atoms with Crippen LogP contribution in [-0.4, -0.2) is 28.1 Å². The minimum absolute atomic E-state index is 0. The quantitative estimate of drug-likeness (QED) is 0.331. The van der Waals surface area contributed by atoms with Gasteiger partial charge in [-0.1, -0.05) is 78.2 Å². The van der Waals surface area contributed by atoms with Gasteiger partial charge in [-0.2, -0.15) is 0 Å². The predicted octanol–water partition coefficient (Wildman–Crippen LogP) is 5.54. The summed E-state index contributed by atoms with van der Waals surface area (Å²) in [5, 5.41) is 8.68. The van der Waals surface area contributed by atoms with Gasteiger partial charge in [0.15, 0.2) is 0 Å². The Morgan fingerprint density at radius 3 is 1.74 bits per heavy atom. The second kappa shape index (κ2) is 15.3. The van der Waals surface area contributed by atoms with Crippen molar-refractivity contribution in [1.29, 1.82) is 0 Å². The summed E-state index contributed by atoms with van der Waals surface area (Å²) in [6.45, 7) is 11.3. The van der Waals surface area contributed by atoms with Crippen LogP contribution in [0.15, 0.2) is 11.6 Å². The van der Waals surface area contributed by atoms with Crippen molar-refractivity contribution in [3.8, 4) is 0 Å². The first kappa shape index (κ1) is 25.0. The first-order chi connectivity index (χ1) is 10.3. The van der Waals surface area contributed by atoms with Crippen LogP contribution in [0.5, 0.6) is 0 Å². The van der Waals surface area contributed by atoms with E-state index in [4.69, 9.17) is 5.11 Å². The van der Waals surface area contributed by atoms with Gasteiger partial charge in [-0.25, -0.2) is 4.79 Å². The molecule has 0 saturated carbocycles. The number of hydrogen-bond acceptors (Lipinski definition) is 1. The Morgan fingerprint density at radius 2 is 1.30 bits per heavy atom. The number of hydrogen-bond donors (Lipinski definition) is 1. The van der Waals surface area contributed by atoms with E-state index in [1.165, 1.54) is 51.0 Å². The third-order valence-electron chi connectivity index (χ3n) is 4.51. The fraction of sp³-hybridized carbons (Fsp3) is 0.850. The summed E-state index contributed by atoms with van der Waals surface area (Å²) in [4.78, 5) is 10.5. The van der Waals surface area contributed by atoms with Gasteiger partial charge >= 0.3 is 23.0 Å². The Labute approximate surface area is 155 Å². The summed E-state index contributed by atoms with van der Waals surface area (Å²) >= 11 is 0. The predicted molar refractivity (Wildman–Crippen MR) is 105 cm³/mol. The van der Waals surface area contributed by atoms with Crippen LogP contribution in [0, 0.1) is 17.8 Å². The van der Waals surface area contributed by atoms with Gasteiger partial charge in [0.2, 0.25) is 0 Å². The van der Waals surface area contributed by atoms with Crippen LogP contribution < -0.4 is 0 Å². The van der Waals surface area contributed by atoms with E-state index < -0.39 is 5.97 Å². The molecule has 0 fully saturated rings. The van der Waals surface area contributed by atoms with E-state index in [2.05, 4.69) is 27.7 Å². The summed E-state index contributed by atoms with van der Waals surface area (Å²) < 4.78 is 0. The SMILES string of the molecule is C/C(=C\C(=O)O)CCC[C@H](C)CCC[C@H](C)CCCC(C)C.[SeH2].